The number of hydrogen-bond acceptors (Lipinski definition) is 2. The van der Waals surface area contributed by atoms with Gasteiger partial charge in [-0.25, -0.2) is 0 Å². The van der Waals surface area contributed by atoms with Crippen LogP contribution in [-0.2, 0) is 4.79 Å². The van der Waals surface area contributed by atoms with Gasteiger partial charge in [0.05, 0.1) is 6.10 Å². The molecule has 1 aliphatic rings. The predicted molar refractivity (Wildman–Crippen MR) is 57.0 cm³/mol. The van der Waals surface area contributed by atoms with Crippen LogP contribution in [0, 0.1) is 17.3 Å². The van der Waals surface area contributed by atoms with Gasteiger partial charge in [0, 0.05) is 12.3 Å². The molecule has 2 atom stereocenters. The van der Waals surface area contributed by atoms with E-state index in [4.69, 9.17) is 0 Å². The molecule has 0 aliphatic heterocycles. The van der Waals surface area contributed by atoms with Crippen molar-refractivity contribution in [2.24, 2.45) is 17.3 Å². The molecule has 2 unspecified atom stereocenters. The Hall–Kier alpha value is -0.370. The molecule has 0 aromatic heterocycles. The Balaban J connectivity index is 2.85. The normalized spacial score (nSPS) is 29.3. The average molecular weight is 198 g/mol. The first-order valence-corrected chi connectivity index (χ1v) is 5.57. The zero-order valence-electron chi connectivity index (χ0n) is 9.71. The molecule has 0 saturated heterocycles. The van der Waals surface area contributed by atoms with Crippen molar-refractivity contribution < 1.29 is 9.90 Å². The van der Waals surface area contributed by atoms with Crippen LogP contribution in [0.3, 0.4) is 0 Å². The number of ketones is 1. The van der Waals surface area contributed by atoms with E-state index in [9.17, 15) is 9.90 Å². The molecule has 1 N–H and O–H groups in total. The molecule has 0 spiro atoms. The average Bonchev–Trinajstić information content (AvgIpc) is 2.01. The van der Waals surface area contributed by atoms with Crippen LogP contribution in [0.25, 0.3) is 0 Å². The summed E-state index contributed by atoms with van der Waals surface area (Å²) in [5.74, 6) is 0.264. The molecule has 14 heavy (non-hydrogen) atoms. The van der Waals surface area contributed by atoms with Gasteiger partial charge < -0.3 is 5.11 Å². The third kappa shape index (κ3) is 2.17. The third-order valence-corrected chi connectivity index (χ3v) is 3.46. The highest BCUT2D eigenvalue weighted by molar-refractivity contribution is 5.83. The number of rotatable bonds is 2. The topological polar surface area (TPSA) is 37.3 Å². The van der Waals surface area contributed by atoms with Crippen LogP contribution in [0.15, 0.2) is 0 Å². The zero-order chi connectivity index (χ0) is 10.9. The van der Waals surface area contributed by atoms with Gasteiger partial charge in [0.1, 0.15) is 5.78 Å². The molecule has 1 fully saturated rings. The summed E-state index contributed by atoms with van der Waals surface area (Å²) in [7, 11) is 0. The van der Waals surface area contributed by atoms with E-state index >= 15 is 0 Å². The zero-order valence-corrected chi connectivity index (χ0v) is 9.71. The lowest BCUT2D eigenvalue weighted by molar-refractivity contribution is -0.137. The van der Waals surface area contributed by atoms with Gasteiger partial charge in [0.15, 0.2) is 0 Å². The Morgan fingerprint density at radius 3 is 2.43 bits per heavy atom. The van der Waals surface area contributed by atoms with E-state index < -0.39 is 6.10 Å². The first kappa shape index (κ1) is 11.7. The fourth-order valence-corrected chi connectivity index (χ4v) is 2.50. The number of carbonyl (C=O) groups is 1. The van der Waals surface area contributed by atoms with Gasteiger partial charge in [-0.2, -0.15) is 0 Å². The summed E-state index contributed by atoms with van der Waals surface area (Å²) in [6.07, 6.45) is 2.20. The highest BCUT2D eigenvalue weighted by Gasteiger charge is 2.43. The highest BCUT2D eigenvalue weighted by Crippen LogP contribution is 2.41. The SMILES string of the molecule is CC(C)C(O)C1C(=O)CCCC1(C)C. The van der Waals surface area contributed by atoms with Crippen molar-refractivity contribution in [1.82, 2.24) is 0 Å². The predicted octanol–water partition coefficient (Wildman–Crippen LogP) is 2.40. The smallest absolute Gasteiger partial charge is 0.139 e. The van der Waals surface area contributed by atoms with Crippen LogP contribution < -0.4 is 0 Å². The summed E-state index contributed by atoms with van der Waals surface area (Å²) >= 11 is 0. The summed E-state index contributed by atoms with van der Waals surface area (Å²) in [6, 6.07) is 0. The lowest BCUT2D eigenvalue weighted by atomic mass is 9.64. The van der Waals surface area contributed by atoms with Crippen LogP contribution in [-0.4, -0.2) is 17.0 Å². The van der Waals surface area contributed by atoms with Crippen molar-refractivity contribution in [3.05, 3.63) is 0 Å². The maximum atomic E-state index is 11.8. The molecule has 1 aliphatic carbocycles. The lowest BCUT2D eigenvalue weighted by Crippen LogP contribution is -2.45. The summed E-state index contributed by atoms with van der Waals surface area (Å²) in [6.45, 7) is 8.14. The number of aliphatic hydroxyl groups excluding tert-OH is 1. The second-order valence-corrected chi connectivity index (χ2v) is 5.52. The standard InChI is InChI=1S/C12H22O2/c1-8(2)11(14)10-9(13)6-5-7-12(10,3)4/h8,10-11,14H,5-7H2,1-4H3. The van der Waals surface area contributed by atoms with E-state index in [0.717, 1.165) is 12.8 Å². The molecule has 0 aromatic carbocycles. The molecule has 0 radical (unpaired) electrons. The number of aliphatic hydroxyl groups is 1. The molecular weight excluding hydrogens is 176 g/mol. The second kappa shape index (κ2) is 4.01. The minimum Gasteiger partial charge on any atom is -0.392 e. The van der Waals surface area contributed by atoms with Crippen LogP contribution in [0.5, 0.6) is 0 Å². The third-order valence-electron chi connectivity index (χ3n) is 3.46. The summed E-state index contributed by atoms with van der Waals surface area (Å²) < 4.78 is 0. The van der Waals surface area contributed by atoms with E-state index in [0.29, 0.717) is 6.42 Å². The molecule has 1 rings (SSSR count). The van der Waals surface area contributed by atoms with E-state index in [2.05, 4.69) is 13.8 Å². The maximum absolute atomic E-state index is 11.8. The summed E-state index contributed by atoms with van der Waals surface area (Å²) in [5.41, 5.74) is -0.0288. The van der Waals surface area contributed by atoms with Crippen molar-refractivity contribution >= 4 is 5.78 Å². The summed E-state index contributed by atoms with van der Waals surface area (Å²) in [4.78, 5) is 11.8. The van der Waals surface area contributed by atoms with Gasteiger partial charge in [0.2, 0.25) is 0 Å². The largest absolute Gasteiger partial charge is 0.392 e. The fraction of sp³-hybridized carbons (Fsp3) is 0.917. The van der Waals surface area contributed by atoms with Gasteiger partial charge >= 0.3 is 0 Å². The van der Waals surface area contributed by atoms with Crippen molar-refractivity contribution in [3.63, 3.8) is 0 Å². The minimum absolute atomic E-state index is 0.0288. The van der Waals surface area contributed by atoms with Gasteiger partial charge in [-0.05, 0) is 24.2 Å². The molecule has 2 nitrogen and oxygen atoms in total. The van der Waals surface area contributed by atoms with E-state index in [1.807, 2.05) is 13.8 Å². The van der Waals surface area contributed by atoms with Gasteiger partial charge in [0.25, 0.3) is 0 Å². The Morgan fingerprint density at radius 1 is 1.43 bits per heavy atom. The molecule has 0 bridgehead atoms. The van der Waals surface area contributed by atoms with Crippen molar-refractivity contribution in [3.8, 4) is 0 Å². The van der Waals surface area contributed by atoms with Gasteiger partial charge in [-0.1, -0.05) is 27.7 Å². The molecular formula is C12H22O2. The first-order chi connectivity index (χ1) is 6.36. The van der Waals surface area contributed by atoms with Crippen molar-refractivity contribution in [2.45, 2.75) is 53.1 Å². The first-order valence-electron chi connectivity index (χ1n) is 5.57. The van der Waals surface area contributed by atoms with Crippen LogP contribution >= 0.6 is 0 Å². The maximum Gasteiger partial charge on any atom is 0.139 e. The highest BCUT2D eigenvalue weighted by atomic mass is 16.3. The molecule has 0 heterocycles. The molecule has 1 saturated carbocycles. The Bertz CT molecular complexity index is 218. The van der Waals surface area contributed by atoms with E-state index in [1.54, 1.807) is 0 Å². The minimum atomic E-state index is -0.474. The van der Waals surface area contributed by atoms with Gasteiger partial charge in [-0.3, -0.25) is 4.79 Å². The van der Waals surface area contributed by atoms with Crippen LogP contribution in [0.4, 0.5) is 0 Å². The van der Waals surface area contributed by atoms with E-state index in [1.165, 1.54) is 0 Å². The Kier molecular flexibility index (Phi) is 3.36. The molecule has 2 heteroatoms. The number of Topliss-reactive ketones (excluding diaryl/α,β-unsaturated/α-hetero) is 1. The second-order valence-electron chi connectivity index (χ2n) is 5.52. The van der Waals surface area contributed by atoms with Gasteiger partial charge in [-0.15, -0.1) is 0 Å². The van der Waals surface area contributed by atoms with Crippen LogP contribution in [0.2, 0.25) is 0 Å². The lowest BCUT2D eigenvalue weighted by Gasteiger charge is -2.41. The van der Waals surface area contributed by atoms with Crippen molar-refractivity contribution in [2.75, 3.05) is 0 Å². The molecule has 82 valence electrons. The monoisotopic (exact) mass is 198 g/mol. The molecule has 0 aromatic rings. The Labute approximate surface area is 86.7 Å². The number of hydrogen-bond donors (Lipinski definition) is 1. The Morgan fingerprint density at radius 2 is 2.00 bits per heavy atom. The molecule has 0 amide bonds. The summed E-state index contributed by atoms with van der Waals surface area (Å²) in [5, 5.41) is 10.0. The van der Waals surface area contributed by atoms with E-state index in [-0.39, 0.29) is 23.0 Å². The van der Waals surface area contributed by atoms with Crippen molar-refractivity contribution in [1.29, 1.82) is 0 Å². The van der Waals surface area contributed by atoms with Crippen LogP contribution in [0.1, 0.15) is 47.0 Å². The quantitative estimate of drug-likeness (QED) is 0.739. The fourth-order valence-electron chi connectivity index (χ4n) is 2.50. The number of carbonyl (C=O) groups excluding carboxylic acids is 1.